The molecule has 29 heavy (non-hydrogen) atoms. The number of ether oxygens (including phenoxy) is 3. The third-order valence-electron chi connectivity index (χ3n) is 5.51. The number of nitrogens with one attached hydrogen (secondary N) is 1. The van der Waals surface area contributed by atoms with Gasteiger partial charge in [0.2, 0.25) is 18.6 Å². The maximum absolute atomic E-state index is 12.4. The van der Waals surface area contributed by atoms with Gasteiger partial charge in [-0.1, -0.05) is 18.9 Å². The minimum atomic E-state index is -0.774. The van der Waals surface area contributed by atoms with E-state index in [9.17, 15) is 19.2 Å². The lowest BCUT2D eigenvalue weighted by atomic mass is 9.81. The summed E-state index contributed by atoms with van der Waals surface area (Å²) in [6.45, 7) is -0.517. The van der Waals surface area contributed by atoms with Gasteiger partial charge in [-0.3, -0.25) is 24.1 Å². The Bertz CT molecular complexity index is 829. The zero-order chi connectivity index (χ0) is 20.4. The van der Waals surface area contributed by atoms with E-state index in [0.29, 0.717) is 24.3 Å². The molecule has 0 aromatic heterocycles. The molecular weight excluding hydrogens is 380 g/mol. The van der Waals surface area contributed by atoms with E-state index in [-0.39, 0.29) is 37.0 Å². The van der Waals surface area contributed by atoms with Crippen LogP contribution < -0.4 is 14.8 Å². The van der Waals surface area contributed by atoms with Crippen LogP contribution in [0.3, 0.4) is 0 Å². The van der Waals surface area contributed by atoms with Gasteiger partial charge in [0.1, 0.15) is 6.54 Å². The molecule has 0 radical (unpaired) electrons. The summed E-state index contributed by atoms with van der Waals surface area (Å²) in [4.78, 5) is 49.7. The lowest BCUT2D eigenvalue weighted by Gasteiger charge is -2.19. The minimum absolute atomic E-state index is 0.171. The lowest BCUT2D eigenvalue weighted by molar-refractivity contribution is -0.154. The number of hydrogen-bond acceptors (Lipinski definition) is 7. The number of esters is 1. The Morgan fingerprint density at radius 1 is 1.07 bits per heavy atom. The molecule has 154 valence electrons. The van der Waals surface area contributed by atoms with Gasteiger partial charge in [-0.2, -0.15) is 0 Å². The van der Waals surface area contributed by atoms with Gasteiger partial charge in [-0.05, 0) is 30.5 Å². The molecule has 3 aliphatic rings. The van der Waals surface area contributed by atoms with E-state index in [0.717, 1.165) is 23.3 Å². The molecule has 2 heterocycles. The van der Waals surface area contributed by atoms with Gasteiger partial charge in [-0.15, -0.1) is 0 Å². The summed E-state index contributed by atoms with van der Waals surface area (Å²) >= 11 is 0. The average Bonchev–Trinajstić information content (AvgIpc) is 3.29. The van der Waals surface area contributed by atoms with Crippen molar-refractivity contribution in [2.45, 2.75) is 32.2 Å². The van der Waals surface area contributed by atoms with Crippen LogP contribution in [0.15, 0.2) is 18.2 Å². The fourth-order valence-corrected chi connectivity index (χ4v) is 4.01. The summed E-state index contributed by atoms with van der Waals surface area (Å²) in [6, 6.07) is 5.31. The van der Waals surface area contributed by atoms with Crippen LogP contribution >= 0.6 is 0 Å². The van der Waals surface area contributed by atoms with E-state index in [1.165, 1.54) is 0 Å². The highest BCUT2D eigenvalue weighted by atomic mass is 16.7. The lowest BCUT2D eigenvalue weighted by Crippen LogP contribution is -2.38. The number of benzene rings is 1. The molecule has 2 fully saturated rings. The molecule has 0 unspecified atom stereocenters. The van der Waals surface area contributed by atoms with Crippen molar-refractivity contribution >= 4 is 23.7 Å². The first-order valence-corrected chi connectivity index (χ1v) is 9.69. The van der Waals surface area contributed by atoms with E-state index in [1.807, 2.05) is 0 Å². The zero-order valence-corrected chi connectivity index (χ0v) is 15.8. The molecule has 4 rings (SSSR count). The Morgan fingerprint density at radius 3 is 2.48 bits per heavy atom. The van der Waals surface area contributed by atoms with Gasteiger partial charge in [0, 0.05) is 6.54 Å². The number of carbonyl (C=O) groups excluding carboxylic acids is 4. The molecule has 0 bridgehead atoms. The first-order valence-electron chi connectivity index (χ1n) is 9.69. The summed E-state index contributed by atoms with van der Waals surface area (Å²) in [6.07, 6.45) is 3.20. The predicted octanol–water partition coefficient (Wildman–Crippen LogP) is 0.750. The second-order valence-electron chi connectivity index (χ2n) is 7.39. The molecule has 1 aliphatic carbocycles. The van der Waals surface area contributed by atoms with E-state index in [4.69, 9.17) is 14.2 Å². The van der Waals surface area contributed by atoms with Gasteiger partial charge in [0.15, 0.2) is 18.1 Å². The van der Waals surface area contributed by atoms with Crippen LogP contribution in [0, 0.1) is 11.8 Å². The molecule has 2 atom stereocenters. The summed E-state index contributed by atoms with van der Waals surface area (Å²) in [5, 5.41) is 2.64. The monoisotopic (exact) mass is 402 g/mol. The Morgan fingerprint density at radius 2 is 1.76 bits per heavy atom. The largest absolute Gasteiger partial charge is 0.454 e. The van der Waals surface area contributed by atoms with Crippen molar-refractivity contribution in [1.82, 2.24) is 10.2 Å². The number of likely N-dealkylation sites (tertiary alicyclic amines) is 1. The molecule has 1 aromatic carbocycles. The zero-order valence-electron chi connectivity index (χ0n) is 15.8. The Kier molecular flexibility index (Phi) is 5.37. The molecule has 1 aromatic rings. The summed E-state index contributed by atoms with van der Waals surface area (Å²) < 4.78 is 15.4. The first kappa shape index (κ1) is 19.2. The highest BCUT2D eigenvalue weighted by Crippen LogP contribution is 2.37. The van der Waals surface area contributed by atoms with Crippen LogP contribution in [0.25, 0.3) is 0 Å². The number of nitrogens with zero attached hydrogens (tertiary/aromatic N) is 1. The van der Waals surface area contributed by atoms with Gasteiger partial charge >= 0.3 is 5.97 Å². The molecule has 1 N–H and O–H groups in total. The quantitative estimate of drug-likeness (QED) is 0.552. The maximum atomic E-state index is 12.4. The van der Waals surface area contributed by atoms with E-state index >= 15 is 0 Å². The van der Waals surface area contributed by atoms with Crippen LogP contribution in [0.5, 0.6) is 11.5 Å². The molecule has 9 nitrogen and oxygen atoms in total. The smallest absolute Gasteiger partial charge is 0.326 e. The van der Waals surface area contributed by atoms with Crippen molar-refractivity contribution in [2.75, 3.05) is 19.9 Å². The SMILES string of the molecule is O=C(COC(=O)CN1C(=O)[C@H]2CCCC[C@@H]2C1=O)NCc1ccc2c(c1)OCO2. The Labute approximate surface area is 167 Å². The van der Waals surface area contributed by atoms with Crippen LogP contribution in [-0.4, -0.2) is 48.5 Å². The number of hydrogen-bond donors (Lipinski definition) is 1. The number of imide groups is 1. The first-order chi connectivity index (χ1) is 14.0. The van der Waals surface area contributed by atoms with Gasteiger partial charge in [-0.25, -0.2) is 0 Å². The Balaban J connectivity index is 1.22. The number of carbonyl (C=O) groups is 4. The second-order valence-corrected chi connectivity index (χ2v) is 7.39. The molecular formula is C20H22N2O7. The van der Waals surface area contributed by atoms with Crippen molar-refractivity contribution in [1.29, 1.82) is 0 Å². The number of fused-ring (bicyclic) bond motifs is 2. The van der Waals surface area contributed by atoms with Gasteiger partial charge in [0.25, 0.3) is 5.91 Å². The van der Waals surface area contributed by atoms with Crippen LogP contribution in [-0.2, 0) is 30.5 Å². The summed E-state index contributed by atoms with van der Waals surface area (Å²) in [7, 11) is 0. The van der Waals surface area contributed by atoms with Crippen molar-refractivity contribution < 1.29 is 33.4 Å². The number of amides is 3. The molecule has 2 aliphatic heterocycles. The Hall–Kier alpha value is -3.10. The van der Waals surface area contributed by atoms with Crippen molar-refractivity contribution in [2.24, 2.45) is 11.8 Å². The maximum Gasteiger partial charge on any atom is 0.326 e. The predicted molar refractivity (Wildman–Crippen MR) is 97.5 cm³/mol. The van der Waals surface area contributed by atoms with Gasteiger partial charge < -0.3 is 19.5 Å². The molecule has 1 saturated heterocycles. The van der Waals surface area contributed by atoms with Crippen molar-refractivity contribution in [3.63, 3.8) is 0 Å². The normalized spacial score (nSPS) is 22.4. The minimum Gasteiger partial charge on any atom is -0.454 e. The highest BCUT2D eigenvalue weighted by Gasteiger charge is 2.48. The van der Waals surface area contributed by atoms with Crippen LogP contribution in [0.2, 0.25) is 0 Å². The molecule has 1 saturated carbocycles. The summed E-state index contributed by atoms with van der Waals surface area (Å²) in [5.74, 6) is -1.22. The summed E-state index contributed by atoms with van der Waals surface area (Å²) in [5.41, 5.74) is 0.810. The third-order valence-corrected chi connectivity index (χ3v) is 5.51. The van der Waals surface area contributed by atoms with E-state index < -0.39 is 25.0 Å². The molecule has 9 heteroatoms. The standard InChI is InChI=1S/C20H22N2O7/c23-17(21-8-12-5-6-15-16(7-12)29-11-28-15)10-27-18(24)9-22-19(25)13-3-1-2-4-14(13)20(22)26/h5-7,13-14H,1-4,8-11H2,(H,21,23)/t13-,14-/m0/s1. The average molecular weight is 402 g/mol. The fraction of sp³-hybridized carbons (Fsp3) is 0.500. The van der Waals surface area contributed by atoms with Crippen LogP contribution in [0.4, 0.5) is 0 Å². The molecule has 0 spiro atoms. The van der Waals surface area contributed by atoms with E-state index in [1.54, 1.807) is 18.2 Å². The fourth-order valence-electron chi connectivity index (χ4n) is 4.01. The third kappa shape index (κ3) is 4.03. The van der Waals surface area contributed by atoms with Gasteiger partial charge in [0.05, 0.1) is 11.8 Å². The topological polar surface area (TPSA) is 111 Å². The van der Waals surface area contributed by atoms with Crippen molar-refractivity contribution in [3.05, 3.63) is 23.8 Å². The van der Waals surface area contributed by atoms with Crippen molar-refractivity contribution in [3.8, 4) is 11.5 Å². The second kappa shape index (κ2) is 8.10. The number of rotatable bonds is 6. The molecule has 3 amide bonds. The van der Waals surface area contributed by atoms with Crippen LogP contribution in [0.1, 0.15) is 31.2 Å². The highest BCUT2D eigenvalue weighted by molar-refractivity contribution is 6.07. The van der Waals surface area contributed by atoms with E-state index in [2.05, 4.69) is 5.32 Å².